The largest absolute Gasteiger partial charge is 0.344 e. The van der Waals surface area contributed by atoms with Gasteiger partial charge in [-0.15, -0.1) is 0 Å². The zero-order valence-electron chi connectivity index (χ0n) is 12.4. The summed E-state index contributed by atoms with van der Waals surface area (Å²) in [5.41, 5.74) is 1.63. The van der Waals surface area contributed by atoms with E-state index in [4.69, 9.17) is 0 Å². The van der Waals surface area contributed by atoms with Crippen molar-refractivity contribution in [3.05, 3.63) is 40.7 Å². The summed E-state index contributed by atoms with van der Waals surface area (Å²) in [5.74, 6) is 5.77. The molecule has 2 aromatic heterocycles. The number of carbonyl (C=O) groups excluding carboxylic acids is 2. The maximum absolute atomic E-state index is 12.1. The lowest BCUT2D eigenvalue weighted by atomic mass is 10.2. The number of hydrogen-bond acceptors (Lipinski definition) is 5. The SMILES string of the molecule is Cc1nc(NC(=O)C2CCC(=O)N2)sc1C#Cc1ccncc1. The van der Waals surface area contributed by atoms with Crippen LogP contribution >= 0.6 is 11.3 Å². The molecule has 2 amide bonds. The number of pyridine rings is 1. The molecule has 1 aliphatic heterocycles. The molecule has 2 aromatic rings. The van der Waals surface area contributed by atoms with Crippen molar-refractivity contribution < 1.29 is 9.59 Å². The second-order valence-electron chi connectivity index (χ2n) is 5.07. The Labute approximate surface area is 137 Å². The number of nitrogens with one attached hydrogen (secondary N) is 2. The van der Waals surface area contributed by atoms with Gasteiger partial charge in [0.05, 0.1) is 5.69 Å². The maximum atomic E-state index is 12.1. The van der Waals surface area contributed by atoms with Crippen molar-refractivity contribution in [2.75, 3.05) is 5.32 Å². The molecule has 23 heavy (non-hydrogen) atoms. The van der Waals surface area contributed by atoms with E-state index in [2.05, 4.69) is 32.4 Å². The van der Waals surface area contributed by atoms with E-state index in [1.54, 1.807) is 12.4 Å². The van der Waals surface area contributed by atoms with E-state index >= 15 is 0 Å². The van der Waals surface area contributed by atoms with Crippen LogP contribution < -0.4 is 10.6 Å². The Morgan fingerprint density at radius 3 is 2.87 bits per heavy atom. The third-order valence-corrected chi connectivity index (χ3v) is 4.33. The van der Waals surface area contributed by atoms with E-state index in [-0.39, 0.29) is 11.8 Å². The molecule has 1 atom stereocenters. The average molecular weight is 326 g/mol. The highest BCUT2D eigenvalue weighted by Gasteiger charge is 2.27. The Balaban J connectivity index is 1.70. The summed E-state index contributed by atoms with van der Waals surface area (Å²) in [6.07, 6.45) is 4.28. The lowest BCUT2D eigenvalue weighted by Gasteiger charge is -2.08. The smallest absolute Gasteiger partial charge is 0.248 e. The predicted molar refractivity (Wildman–Crippen MR) is 86.9 cm³/mol. The Hall–Kier alpha value is -2.72. The van der Waals surface area contributed by atoms with E-state index in [9.17, 15) is 9.59 Å². The highest BCUT2D eigenvalue weighted by Crippen LogP contribution is 2.22. The number of aromatic nitrogens is 2. The number of hydrogen-bond donors (Lipinski definition) is 2. The molecule has 1 unspecified atom stereocenters. The highest BCUT2D eigenvalue weighted by atomic mass is 32.1. The molecule has 2 N–H and O–H groups in total. The number of amides is 2. The first-order valence-corrected chi connectivity index (χ1v) is 7.93. The lowest BCUT2D eigenvalue weighted by Crippen LogP contribution is -2.37. The normalized spacial score (nSPS) is 16.4. The van der Waals surface area contributed by atoms with E-state index < -0.39 is 6.04 Å². The molecule has 1 fully saturated rings. The minimum absolute atomic E-state index is 0.0932. The molecule has 0 spiro atoms. The van der Waals surface area contributed by atoms with Crippen LogP contribution in [0.25, 0.3) is 0 Å². The summed E-state index contributed by atoms with van der Waals surface area (Å²) in [7, 11) is 0. The van der Waals surface area contributed by atoms with Gasteiger partial charge in [0.1, 0.15) is 10.9 Å². The molecule has 1 aliphatic rings. The van der Waals surface area contributed by atoms with Crippen LogP contribution in [0.4, 0.5) is 5.13 Å². The van der Waals surface area contributed by atoms with Crippen molar-refractivity contribution in [2.24, 2.45) is 0 Å². The molecule has 0 radical (unpaired) electrons. The molecular formula is C16H14N4O2S. The van der Waals surface area contributed by atoms with Gasteiger partial charge < -0.3 is 10.6 Å². The summed E-state index contributed by atoms with van der Waals surface area (Å²) >= 11 is 1.32. The van der Waals surface area contributed by atoms with Crippen molar-refractivity contribution in [1.82, 2.24) is 15.3 Å². The van der Waals surface area contributed by atoms with Gasteiger partial charge in [-0.2, -0.15) is 0 Å². The molecule has 3 heterocycles. The van der Waals surface area contributed by atoms with Crippen molar-refractivity contribution in [3.8, 4) is 11.8 Å². The van der Waals surface area contributed by atoms with Gasteiger partial charge in [0, 0.05) is 24.4 Å². The molecule has 0 saturated carbocycles. The van der Waals surface area contributed by atoms with Gasteiger partial charge in [-0.1, -0.05) is 17.3 Å². The summed E-state index contributed by atoms with van der Waals surface area (Å²) in [6.45, 7) is 1.85. The third kappa shape index (κ3) is 3.73. The number of rotatable bonds is 2. The van der Waals surface area contributed by atoms with Crippen LogP contribution in [0, 0.1) is 18.8 Å². The Morgan fingerprint density at radius 2 is 2.17 bits per heavy atom. The van der Waals surface area contributed by atoms with Crippen LogP contribution in [0.2, 0.25) is 0 Å². The number of anilines is 1. The highest BCUT2D eigenvalue weighted by molar-refractivity contribution is 7.16. The number of carbonyl (C=O) groups is 2. The van der Waals surface area contributed by atoms with Crippen molar-refractivity contribution >= 4 is 28.3 Å². The molecule has 1 saturated heterocycles. The van der Waals surface area contributed by atoms with Crippen LogP contribution in [-0.2, 0) is 9.59 Å². The first kappa shape index (κ1) is 15.2. The Morgan fingerprint density at radius 1 is 1.39 bits per heavy atom. The second-order valence-corrected chi connectivity index (χ2v) is 6.07. The molecule has 116 valence electrons. The number of thiazole rings is 1. The average Bonchev–Trinajstić information content (AvgIpc) is 3.12. The maximum Gasteiger partial charge on any atom is 0.248 e. The molecule has 0 aromatic carbocycles. The summed E-state index contributed by atoms with van der Waals surface area (Å²) in [4.78, 5) is 32.3. The molecule has 3 rings (SSSR count). The molecular weight excluding hydrogens is 312 g/mol. The van der Waals surface area contributed by atoms with E-state index in [0.29, 0.717) is 18.0 Å². The van der Waals surface area contributed by atoms with E-state index in [0.717, 1.165) is 16.1 Å². The van der Waals surface area contributed by atoms with Gasteiger partial charge in [-0.05, 0) is 31.4 Å². The zero-order valence-corrected chi connectivity index (χ0v) is 13.2. The monoisotopic (exact) mass is 326 g/mol. The van der Waals surface area contributed by atoms with Gasteiger partial charge in [-0.25, -0.2) is 4.98 Å². The molecule has 6 nitrogen and oxygen atoms in total. The predicted octanol–water partition coefficient (Wildman–Crippen LogP) is 1.46. The first-order valence-electron chi connectivity index (χ1n) is 7.11. The topological polar surface area (TPSA) is 84.0 Å². The third-order valence-electron chi connectivity index (χ3n) is 3.34. The standard InChI is InChI=1S/C16H14N4O2S/c1-10-13(4-2-11-6-8-17-9-7-11)23-16(18-10)20-15(22)12-3-5-14(21)19-12/h6-9,12H,3,5H2,1H3,(H,19,21)(H,18,20,22). The summed E-state index contributed by atoms with van der Waals surface area (Å²) in [5, 5.41) is 5.87. The molecule has 0 aliphatic carbocycles. The van der Waals surface area contributed by atoms with Crippen molar-refractivity contribution in [2.45, 2.75) is 25.8 Å². The Kier molecular flexibility index (Phi) is 4.35. The van der Waals surface area contributed by atoms with Gasteiger partial charge >= 0.3 is 0 Å². The number of aryl methyl sites for hydroxylation is 1. The molecule has 0 bridgehead atoms. The molecule has 7 heteroatoms. The summed E-state index contributed by atoms with van der Waals surface area (Å²) < 4.78 is 0. The lowest BCUT2D eigenvalue weighted by molar-refractivity contribution is -0.122. The number of nitrogens with zero attached hydrogens (tertiary/aromatic N) is 2. The fraction of sp³-hybridized carbons (Fsp3) is 0.250. The first-order chi connectivity index (χ1) is 11.1. The second kappa shape index (κ2) is 6.58. The van der Waals surface area contributed by atoms with E-state index in [1.165, 1.54) is 11.3 Å². The van der Waals surface area contributed by atoms with Gasteiger partial charge in [-0.3, -0.25) is 14.6 Å². The van der Waals surface area contributed by atoms with Crippen molar-refractivity contribution in [1.29, 1.82) is 0 Å². The van der Waals surface area contributed by atoms with Crippen LogP contribution in [-0.4, -0.2) is 27.8 Å². The van der Waals surface area contributed by atoms with Crippen LogP contribution in [0.15, 0.2) is 24.5 Å². The Bertz CT molecular complexity index is 804. The fourth-order valence-electron chi connectivity index (χ4n) is 2.13. The minimum atomic E-state index is -0.474. The van der Waals surface area contributed by atoms with Crippen molar-refractivity contribution in [3.63, 3.8) is 0 Å². The van der Waals surface area contributed by atoms with E-state index in [1.807, 2.05) is 19.1 Å². The van der Waals surface area contributed by atoms with Crippen LogP contribution in [0.1, 0.15) is 29.0 Å². The quantitative estimate of drug-likeness (QED) is 0.819. The minimum Gasteiger partial charge on any atom is -0.344 e. The fourth-order valence-corrected chi connectivity index (χ4v) is 2.96. The van der Waals surface area contributed by atoms with Gasteiger partial charge in [0.15, 0.2) is 5.13 Å². The van der Waals surface area contributed by atoms with Crippen LogP contribution in [0.5, 0.6) is 0 Å². The van der Waals surface area contributed by atoms with Crippen LogP contribution in [0.3, 0.4) is 0 Å². The zero-order chi connectivity index (χ0) is 16.2. The van der Waals surface area contributed by atoms with Gasteiger partial charge in [0.2, 0.25) is 11.8 Å². The van der Waals surface area contributed by atoms with Gasteiger partial charge in [0.25, 0.3) is 0 Å². The summed E-state index contributed by atoms with van der Waals surface area (Å²) in [6, 6.07) is 3.18.